The maximum atomic E-state index is 5.95. The lowest BCUT2D eigenvalue weighted by molar-refractivity contribution is 0.362. The highest BCUT2D eigenvalue weighted by Crippen LogP contribution is 2.32. The molecule has 0 spiro atoms. The SMILES string of the molecule is COc1cc(CNCc2ccc(C)cc2)ccc1Oc1nnnn1-c1ccccc1.Cl. The van der Waals surface area contributed by atoms with Gasteiger partial charge in [0.2, 0.25) is 0 Å². The topological polar surface area (TPSA) is 74.1 Å². The Morgan fingerprint density at radius 3 is 2.32 bits per heavy atom. The summed E-state index contributed by atoms with van der Waals surface area (Å²) in [4.78, 5) is 0. The second-order valence-electron chi connectivity index (χ2n) is 6.89. The molecule has 0 fully saturated rings. The van der Waals surface area contributed by atoms with E-state index in [0.29, 0.717) is 18.0 Å². The van der Waals surface area contributed by atoms with Gasteiger partial charge in [-0.1, -0.05) is 59.2 Å². The number of nitrogens with zero attached hydrogens (tertiary/aromatic N) is 4. The van der Waals surface area contributed by atoms with Gasteiger partial charge in [-0.25, -0.2) is 0 Å². The molecule has 0 aliphatic carbocycles. The van der Waals surface area contributed by atoms with Gasteiger partial charge in [-0.15, -0.1) is 12.4 Å². The summed E-state index contributed by atoms with van der Waals surface area (Å²) >= 11 is 0. The molecular formula is C23H24ClN5O2. The fourth-order valence-corrected chi connectivity index (χ4v) is 3.04. The molecule has 3 aromatic carbocycles. The lowest BCUT2D eigenvalue weighted by atomic mass is 10.1. The van der Waals surface area contributed by atoms with Gasteiger partial charge >= 0.3 is 6.01 Å². The second-order valence-corrected chi connectivity index (χ2v) is 6.89. The van der Waals surface area contributed by atoms with E-state index in [-0.39, 0.29) is 18.4 Å². The molecule has 4 rings (SSSR count). The second kappa shape index (κ2) is 10.6. The molecule has 0 amide bonds. The highest BCUT2D eigenvalue weighted by atomic mass is 35.5. The Kier molecular flexibility index (Phi) is 7.59. The molecule has 0 radical (unpaired) electrons. The summed E-state index contributed by atoms with van der Waals surface area (Å²) in [5.74, 6) is 1.17. The first-order valence-corrected chi connectivity index (χ1v) is 9.68. The highest BCUT2D eigenvalue weighted by Gasteiger charge is 2.14. The monoisotopic (exact) mass is 437 g/mol. The Balaban J connectivity index is 0.00000272. The van der Waals surface area contributed by atoms with Crippen LogP contribution in [0, 0.1) is 6.92 Å². The number of para-hydroxylation sites is 1. The average molecular weight is 438 g/mol. The minimum absolute atomic E-state index is 0. The Labute approximate surface area is 187 Å². The lowest BCUT2D eigenvalue weighted by Gasteiger charge is -2.12. The molecule has 0 aliphatic rings. The number of tetrazole rings is 1. The zero-order valence-electron chi connectivity index (χ0n) is 17.4. The van der Waals surface area contributed by atoms with Gasteiger partial charge in [0.15, 0.2) is 11.5 Å². The third-order valence-corrected chi connectivity index (χ3v) is 4.65. The van der Waals surface area contributed by atoms with Crippen molar-refractivity contribution in [1.82, 2.24) is 25.5 Å². The van der Waals surface area contributed by atoms with E-state index in [2.05, 4.69) is 52.0 Å². The van der Waals surface area contributed by atoms with E-state index in [9.17, 15) is 0 Å². The molecule has 1 aromatic heterocycles. The van der Waals surface area contributed by atoms with Crippen molar-refractivity contribution in [3.05, 3.63) is 89.5 Å². The molecule has 4 aromatic rings. The minimum atomic E-state index is 0. The van der Waals surface area contributed by atoms with Crippen molar-refractivity contribution >= 4 is 12.4 Å². The van der Waals surface area contributed by atoms with Crippen LogP contribution >= 0.6 is 12.4 Å². The molecule has 160 valence electrons. The molecule has 0 bridgehead atoms. The molecule has 1 heterocycles. The van der Waals surface area contributed by atoms with Crippen molar-refractivity contribution in [2.24, 2.45) is 0 Å². The van der Waals surface area contributed by atoms with Crippen molar-refractivity contribution in [2.75, 3.05) is 7.11 Å². The van der Waals surface area contributed by atoms with Crippen LogP contribution in [-0.2, 0) is 13.1 Å². The summed E-state index contributed by atoms with van der Waals surface area (Å²) in [5, 5.41) is 15.2. The Bertz CT molecular complexity index is 1100. The number of hydrogen-bond acceptors (Lipinski definition) is 6. The number of halogens is 1. The molecule has 31 heavy (non-hydrogen) atoms. The first-order valence-electron chi connectivity index (χ1n) is 9.68. The fraction of sp³-hybridized carbons (Fsp3) is 0.174. The van der Waals surface area contributed by atoms with Gasteiger partial charge in [0, 0.05) is 13.1 Å². The molecular weight excluding hydrogens is 414 g/mol. The summed E-state index contributed by atoms with van der Waals surface area (Å²) in [7, 11) is 1.62. The van der Waals surface area contributed by atoms with E-state index in [1.165, 1.54) is 15.8 Å². The van der Waals surface area contributed by atoms with Gasteiger partial charge in [0.05, 0.1) is 12.8 Å². The van der Waals surface area contributed by atoms with E-state index in [4.69, 9.17) is 9.47 Å². The van der Waals surface area contributed by atoms with Crippen LogP contribution in [0.3, 0.4) is 0 Å². The molecule has 0 aliphatic heterocycles. The third-order valence-electron chi connectivity index (χ3n) is 4.65. The Morgan fingerprint density at radius 1 is 0.871 bits per heavy atom. The maximum absolute atomic E-state index is 5.95. The molecule has 0 unspecified atom stereocenters. The lowest BCUT2D eigenvalue weighted by Crippen LogP contribution is -2.12. The van der Waals surface area contributed by atoms with Crippen LogP contribution in [0.2, 0.25) is 0 Å². The average Bonchev–Trinajstić information content (AvgIpc) is 3.25. The number of benzene rings is 3. The quantitative estimate of drug-likeness (QED) is 0.438. The molecule has 0 saturated carbocycles. The van der Waals surface area contributed by atoms with Crippen molar-refractivity contribution in [3.63, 3.8) is 0 Å². The van der Waals surface area contributed by atoms with Crippen LogP contribution in [0.1, 0.15) is 16.7 Å². The van der Waals surface area contributed by atoms with Crippen molar-refractivity contribution in [2.45, 2.75) is 20.0 Å². The number of rotatable bonds is 8. The van der Waals surface area contributed by atoms with E-state index in [1.54, 1.807) is 7.11 Å². The van der Waals surface area contributed by atoms with Crippen LogP contribution in [0.25, 0.3) is 5.69 Å². The number of hydrogen-bond donors (Lipinski definition) is 1. The summed E-state index contributed by atoms with van der Waals surface area (Å²) in [5.41, 5.74) is 4.42. The smallest absolute Gasteiger partial charge is 0.346 e. The molecule has 7 nitrogen and oxygen atoms in total. The summed E-state index contributed by atoms with van der Waals surface area (Å²) in [6.07, 6.45) is 0. The van der Waals surface area contributed by atoms with Crippen LogP contribution in [0.4, 0.5) is 0 Å². The van der Waals surface area contributed by atoms with Gasteiger partial charge in [-0.3, -0.25) is 0 Å². The number of aryl methyl sites for hydroxylation is 1. The van der Waals surface area contributed by atoms with Crippen molar-refractivity contribution in [3.8, 4) is 23.2 Å². The molecule has 1 N–H and O–H groups in total. The zero-order chi connectivity index (χ0) is 20.8. The van der Waals surface area contributed by atoms with Gasteiger partial charge < -0.3 is 14.8 Å². The summed E-state index contributed by atoms with van der Waals surface area (Å²) in [6.45, 7) is 3.60. The van der Waals surface area contributed by atoms with Gasteiger partial charge in [-0.2, -0.15) is 4.68 Å². The summed E-state index contributed by atoms with van der Waals surface area (Å²) < 4.78 is 13.0. The maximum Gasteiger partial charge on any atom is 0.346 e. The Morgan fingerprint density at radius 2 is 1.58 bits per heavy atom. The first-order chi connectivity index (χ1) is 14.7. The van der Waals surface area contributed by atoms with E-state index in [0.717, 1.165) is 17.8 Å². The minimum Gasteiger partial charge on any atom is -0.493 e. The van der Waals surface area contributed by atoms with Crippen LogP contribution in [0.5, 0.6) is 17.5 Å². The van der Waals surface area contributed by atoms with Crippen LogP contribution in [-0.4, -0.2) is 27.3 Å². The third kappa shape index (κ3) is 5.59. The van der Waals surface area contributed by atoms with E-state index < -0.39 is 0 Å². The van der Waals surface area contributed by atoms with Gasteiger partial charge in [-0.05, 0) is 52.7 Å². The largest absolute Gasteiger partial charge is 0.493 e. The molecule has 0 atom stereocenters. The van der Waals surface area contributed by atoms with Crippen molar-refractivity contribution in [1.29, 1.82) is 0 Å². The zero-order valence-corrected chi connectivity index (χ0v) is 18.2. The van der Waals surface area contributed by atoms with E-state index in [1.807, 2.05) is 48.5 Å². The van der Waals surface area contributed by atoms with Crippen LogP contribution < -0.4 is 14.8 Å². The number of aromatic nitrogens is 4. The van der Waals surface area contributed by atoms with Gasteiger partial charge in [0.25, 0.3) is 0 Å². The number of nitrogens with one attached hydrogen (secondary N) is 1. The Hall–Kier alpha value is -3.42. The van der Waals surface area contributed by atoms with Crippen molar-refractivity contribution < 1.29 is 9.47 Å². The highest BCUT2D eigenvalue weighted by molar-refractivity contribution is 5.85. The molecule has 8 heteroatoms. The first kappa shape index (κ1) is 22.3. The predicted octanol–water partition coefficient (Wildman–Crippen LogP) is 4.48. The van der Waals surface area contributed by atoms with E-state index >= 15 is 0 Å². The normalized spacial score (nSPS) is 10.4. The predicted molar refractivity (Wildman–Crippen MR) is 121 cm³/mol. The molecule has 0 saturated heterocycles. The van der Waals surface area contributed by atoms with Gasteiger partial charge in [0.1, 0.15) is 0 Å². The number of ether oxygens (including phenoxy) is 2. The number of methoxy groups -OCH3 is 1. The fourth-order valence-electron chi connectivity index (χ4n) is 3.04. The van der Waals surface area contributed by atoms with Crippen LogP contribution in [0.15, 0.2) is 72.8 Å². The summed E-state index contributed by atoms with van der Waals surface area (Å²) in [6, 6.07) is 24.2. The standard InChI is InChI=1S/C23H23N5O2.ClH/c1-17-8-10-18(11-9-17)15-24-16-19-12-13-21(22(14-19)29-2)30-23-25-26-27-28(23)20-6-4-3-5-7-20;/h3-14,24H,15-16H2,1-2H3;1H.